The number of nitrogens with zero attached hydrogens (tertiary/aromatic N) is 1. The molecule has 0 aliphatic rings. The van der Waals surface area contributed by atoms with E-state index in [0.29, 0.717) is 0 Å². The lowest BCUT2D eigenvalue weighted by atomic mass is 10.1. The van der Waals surface area contributed by atoms with Crippen molar-refractivity contribution in [2.75, 3.05) is 6.26 Å². The molecule has 1 aromatic carbocycles. The summed E-state index contributed by atoms with van der Waals surface area (Å²) in [6.07, 6.45) is 1.74. The fourth-order valence-corrected chi connectivity index (χ4v) is 3.91. The Kier molecular flexibility index (Phi) is 5.26. The molecule has 0 spiro atoms. The predicted molar refractivity (Wildman–Crippen MR) is 87.8 cm³/mol. The Morgan fingerprint density at radius 3 is 2.38 bits per heavy atom. The minimum atomic E-state index is -4.16. The third-order valence-electron chi connectivity index (χ3n) is 2.95. The first-order valence-corrected chi connectivity index (χ1v) is 10.3. The quantitative estimate of drug-likeness (QED) is 0.823. The first-order chi connectivity index (χ1) is 11.1. The number of hydrogen-bond acceptors (Lipinski definition) is 6. The van der Waals surface area contributed by atoms with E-state index >= 15 is 0 Å². The highest BCUT2D eigenvalue weighted by molar-refractivity contribution is 7.90. The van der Waals surface area contributed by atoms with E-state index in [2.05, 4.69) is 4.98 Å². The highest BCUT2D eigenvalue weighted by atomic mass is 35.5. The zero-order chi connectivity index (χ0) is 18.0. The van der Waals surface area contributed by atoms with Crippen LogP contribution >= 0.6 is 11.6 Å². The van der Waals surface area contributed by atoms with Crippen LogP contribution in [0.3, 0.4) is 0 Å². The van der Waals surface area contributed by atoms with Crippen LogP contribution in [-0.2, 0) is 31.1 Å². The van der Waals surface area contributed by atoms with E-state index < -0.39 is 32.2 Å². The molecule has 0 saturated carbocycles. The summed E-state index contributed by atoms with van der Waals surface area (Å²) in [6.45, 7) is 0. The van der Waals surface area contributed by atoms with Gasteiger partial charge in [0, 0.05) is 12.5 Å². The second-order valence-corrected chi connectivity index (χ2v) is 8.95. The number of halogens is 1. The summed E-state index contributed by atoms with van der Waals surface area (Å²) in [6, 6.07) is 8.37. The topological polar surface area (TPSA) is 110 Å². The van der Waals surface area contributed by atoms with Gasteiger partial charge in [-0.15, -0.1) is 0 Å². The largest absolute Gasteiger partial charge is 0.281 e. The van der Waals surface area contributed by atoms with Crippen LogP contribution in [0.15, 0.2) is 52.5 Å². The molecule has 1 N–H and O–H groups in total. The Labute approximate surface area is 144 Å². The van der Waals surface area contributed by atoms with Gasteiger partial charge >= 0.3 is 0 Å². The lowest BCUT2D eigenvalue weighted by Gasteiger charge is -2.09. The number of sulfonamides is 1. The molecule has 0 atom stereocenters. The number of carbonyl (C=O) groups excluding carboxylic acids is 1. The van der Waals surface area contributed by atoms with Gasteiger partial charge in [0.1, 0.15) is 0 Å². The number of hydrogen-bond donors (Lipinski definition) is 1. The SMILES string of the molecule is CS(=O)(=O)c1ccccc1CC(=O)NS(=O)(=O)c1ccc(Cl)cn1. The average Bonchev–Trinajstić information content (AvgIpc) is 2.46. The maximum Gasteiger partial charge on any atom is 0.281 e. The lowest BCUT2D eigenvalue weighted by Crippen LogP contribution is -2.32. The Hall–Kier alpha value is -1.97. The molecule has 2 aromatic rings. The van der Waals surface area contributed by atoms with Crippen molar-refractivity contribution in [2.45, 2.75) is 16.3 Å². The van der Waals surface area contributed by atoms with Gasteiger partial charge in [-0.1, -0.05) is 29.8 Å². The monoisotopic (exact) mass is 388 g/mol. The highest BCUT2D eigenvalue weighted by Crippen LogP contribution is 2.16. The molecule has 1 aromatic heterocycles. The van der Waals surface area contributed by atoms with Gasteiger partial charge in [0.2, 0.25) is 5.91 Å². The summed E-state index contributed by atoms with van der Waals surface area (Å²) in [7, 11) is -7.70. The molecule has 24 heavy (non-hydrogen) atoms. The predicted octanol–water partition coefficient (Wildman–Crippen LogP) is 1.19. The lowest BCUT2D eigenvalue weighted by molar-refractivity contribution is -0.118. The maximum atomic E-state index is 12.1. The fraction of sp³-hybridized carbons (Fsp3) is 0.143. The van der Waals surface area contributed by atoms with Gasteiger partial charge in [0.25, 0.3) is 10.0 Å². The van der Waals surface area contributed by atoms with Crippen molar-refractivity contribution in [3.05, 3.63) is 53.2 Å². The van der Waals surface area contributed by atoms with E-state index in [4.69, 9.17) is 11.6 Å². The molecule has 1 heterocycles. The zero-order valence-electron chi connectivity index (χ0n) is 12.4. The molecular weight excluding hydrogens is 376 g/mol. The Morgan fingerprint density at radius 2 is 1.79 bits per heavy atom. The molecule has 0 bridgehead atoms. The molecule has 0 aliphatic carbocycles. The molecule has 10 heteroatoms. The van der Waals surface area contributed by atoms with Crippen LogP contribution in [0.1, 0.15) is 5.56 Å². The van der Waals surface area contributed by atoms with Gasteiger partial charge in [-0.3, -0.25) is 4.79 Å². The summed E-state index contributed by atoms with van der Waals surface area (Å²) in [5.74, 6) is -0.872. The molecule has 0 saturated heterocycles. The number of aromatic nitrogens is 1. The van der Waals surface area contributed by atoms with E-state index in [9.17, 15) is 21.6 Å². The van der Waals surface area contributed by atoms with Crippen molar-refractivity contribution in [3.63, 3.8) is 0 Å². The first kappa shape index (κ1) is 18.4. The summed E-state index contributed by atoms with van der Waals surface area (Å²) in [5.41, 5.74) is 0.205. The van der Waals surface area contributed by atoms with Gasteiger partial charge in [0.15, 0.2) is 14.9 Å². The molecule has 0 fully saturated rings. The van der Waals surface area contributed by atoms with Crippen LogP contribution in [0.2, 0.25) is 5.02 Å². The maximum absolute atomic E-state index is 12.1. The Balaban J connectivity index is 2.22. The normalized spacial score (nSPS) is 11.9. The van der Waals surface area contributed by atoms with Gasteiger partial charge in [0.05, 0.1) is 16.3 Å². The van der Waals surface area contributed by atoms with Gasteiger partial charge in [-0.25, -0.2) is 18.1 Å². The van der Waals surface area contributed by atoms with Crippen LogP contribution in [0.25, 0.3) is 0 Å². The van der Waals surface area contributed by atoms with Crippen molar-refractivity contribution in [1.82, 2.24) is 9.71 Å². The second kappa shape index (κ2) is 6.88. The van der Waals surface area contributed by atoms with Gasteiger partial charge < -0.3 is 0 Å². The van der Waals surface area contributed by atoms with Crippen LogP contribution in [0.5, 0.6) is 0 Å². The van der Waals surface area contributed by atoms with E-state index in [1.807, 2.05) is 4.72 Å². The summed E-state index contributed by atoms with van der Waals surface area (Å²) in [5, 5.41) is -0.112. The highest BCUT2D eigenvalue weighted by Gasteiger charge is 2.21. The molecule has 7 nitrogen and oxygen atoms in total. The summed E-state index contributed by atoms with van der Waals surface area (Å²) >= 11 is 5.63. The molecule has 0 radical (unpaired) electrons. The fourth-order valence-electron chi connectivity index (χ4n) is 1.94. The minimum Gasteiger partial charge on any atom is -0.274 e. The van der Waals surface area contributed by atoms with Crippen LogP contribution in [0, 0.1) is 0 Å². The van der Waals surface area contributed by atoms with Gasteiger partial charge in [-0.2, -0.15) is 8.42 Å². The van der Waals surface area contributed by atoms with Crippen molar-refractivity contribution in [2.24, 2.45) is 0 Å². The number of carbonyl (C=O) groups is 1. The zero-order valence-corrected chi connectivity index (χ0v) is 14.8. The second-order valence-electron chi connectivity index (χ2n) is 4.90. The van der Waals surface area contributed by atoms with Crippen LogP contribution in [-0.4, -0.2) is 34.0 Å². The number of pyridine rings is 1. The summed E-state index contributed by atoms with van der Waals surface area (Å²) in [4.78, 5) is 15.6. The number of amides is 1. The van der Waals surface area contributed by atoms with Crippen molar-refractivity contribution >= 4 is 37.4 Å². The molecule has 0 aliphatic heterocycles. The Morgan fingerprint density at radius 1 is 1.12 bits per heavy atom. The molecule has 0 unspecified atom stereocenters. The molecule has 128 valence electrons. The molecular formula is C14H13ClN2O5S2. The third kappa shape index (κ3) is 4.53. The third-order valence-corrected chi connectivity index (χ3v) is 5.66. The van der Waals surface area contributed by atoms with E-state index in [-0.39, 0.29) is 20.5 Å². The van der Waals surface area contributed by atoms with E-state index in [1.54, 1.807) is 6.07 Å². The van der Waals surface area contributed by atoms with Crippen molar-refractivity contribution < 1.29 is 21.6 Å². The molecule has 2 rings (SSSR count). The molecule has 1 amide bonds. The van der Waals surface area contributed by atoms with Crippen molar-refractivity contribution in [3.8, 4) is 0 Å². The average molecular weight is 389 g/mol. The number of nitrogens with one attached hydrogen (secondary N) is 1. The summed E-state index contributed by atoms with van der Waals surface area (Å²) < 4.78 is 49.4. The smallest absolute Gasteiger partial charge is 0.274 e. The van der Waals surface area contributed by atoms with Crippen molar-refractivity contribution in [1.29, 1.82) is 0 Å². The number of sulfone groups is 1. The Bertz CT molecular complexity index is 970. The number of rotatable bonds is 5. The van der Waals surface area contributed by atoms with E-state index in [0.717, 1.165) is 18.5 Å². The standard InChI is InChI=1S/C14H13ClN2O5S2/c1-23(19,20)12-5-3-2-4-10(12)8-13(18)17-24(21,22)14-7-6-11(15)9-16-14/h2-7,9H,8H2,1H3,(H,17,18). The minimum absolute atomic E-state index is 0.0258. The van der Waals surface area contributed by atoms with E-state index in [1.165, 1.54) is 24.3 Å². The van der Waals surface area contributed by atoms with Gasteiger partial charge in [-0.05, 0) is 23.8 Å². The first-order valence-electron chi connectivity index (χ1n) is 6.55. The number of benzene rings is 1. The van der Waals surface area contributed by atoms with Crippen LogP contribution < -0.4 is 4.72 Å². The van der Waals surface area contributed by atoms with Crippen LogP contribution in [0.4, 0.5) is 0 Å².